The van der Waals surface area contributed by atoms with E-state index >= 15 is 0 Å². The van der Waals surface area contributed by atoms with E-state index < -0.39 is 0 Å². The summed E-state index contributed by atoms with van der Waals surface area (Å²) in [5, 5.41) is 0. The average Bonchev–Trinajstić information content (AvgIpc) is 2.46. The van der Waals surface area contributed by atoms with Crippen LogP contribution in [-0.2, 0) is 0 Å². The Hall–Kier alpha value is -1.38. The van der Waals surface area contributed by atoms with Crippen molar-refractivity contribution in [3.8, 4) is 5.75 Å². The molecule has 1 atom stereocenters. The summed E-state index contributed by atoms with van der Waals surface area (Å²) < 4.78 is 5.72. The van der Waals surface area contributed by atoms with Gasteiger partial charge in [-0.3, -0.25) is 0 Å². The fourth-order valence-corrected chi connectivity index (χ4v) is 2.69. The lowest BCUT2D eigenvalue weighted by molar-refractivity contribution is 0.319. The Bertz CT molecular complexity index is 406. The number of benzene rings is 1. The fourth-order valence-electron chi connectivity index (χ4n) is 2.69. The van der Waals surface area contributed by atoms with Crippen LogP contribution < -0.4 is 15.4 Å². The van der Waals surface area contributed by atoms with Crippen molar-refractivity contribution in [1.82, 2.24) is 0 Å². The molecular weight excluding hydrogens is 236 g/mol. The number of nitrogens with two attached hydrogens (primary N) is 1. The van der Waals surface area contributed by atoms with Crippen molar-refractivity contribution in [1.29, 1.82) is 0 Å². The Morgan fingerprint density at radius 1 is 1.37 bits per heavy atom. The first-order valence-electron chi connectivity index (χ1n) is 7.51. The summed E-state index contributed by atoms with van der Waals surface area (Å²) in [5.41, 5.74) is 7.96. The molecule has 2 rings (SSSR count). The maximum absolute atomic E-state index is 5.97. The van der Waals surface area contributed by atoms with E-state index in [2.05, 4.69) is 30.9 Å². The molecule has 1 heterocycles. The Balaban J connectivity index is 2.10. The molecule has 3 heteroatoms. The topological polar surface area (TPSA) is 38.5 Å². The summed E-state index contributed by atoms with van der Waals surface area (Å²) in [5.74, 6) is 1.66. The van der Waals surface area contributed by atoms with Crippen LogP contribution in [-0.4, -0.2) is 19.7 Å². The van der Waals surface area contributed by atoms with E-state index in [0.717, 1.165) is 43.5 Å². The number of hydrogen-bond donors (Lipinski definition) is 1. The lowest BCUT2D eigenvalue weighted by Gasteiger charge is -2.34. The van der Waals surface area contributed by atoms with Gasteiger partial charge in [0.25, 0.3) is 0 Å². The van der Waals surface area contributed by atoms with Gasteiger partial charge in [-0.1, -0.05) is 20.3 Å². The molecule has 2 N–H and O–H groups in total. The van der Waals surface area contributed by atoms with Gasteiger partial charge in [0.1, 0.15) is 5.75 Å². The third-order valence-corrected chi connectivity index (χ3v) is 3.92. The van der Waals surface area contributed by atoms with Crippen LogP contribution in [0.25, 0.3) is 0 Å². The molecule has 3 nitrogen and oxygen atoms in total. The van der Waals surface area contributed by atoms with E-state index in [1.165, 1.54) is 24.9 Å². The predicted octanol–water partition coefficient (Wildman–Crippen LogP) is 3.68. The van der Waals surface area contributed by atoms with Crippen LogP contribution in [0, 0.1) is 5.92 Å². The summed E-state index contributed by atoms with van der Waals surface area (Å²) in [6.07, 6.45) is 4.92. The summed E-state index contributed by atoms with van der Waals surface area (Å²) >= 11 is 0. The number of hydrogen-bond acceptors (Lipinski definition) is 3. The quantitative estimate of drug-likeness (QED) is 0.823. The smallest absolute Gasteiger partial charge is 0.144 e. The largest absolute Gasteiger partial charge is 0.491 e. The fraction of sp³-hybridized carbons (Fsp3) is 0.625. The summed E-state index contributed by atoms with van der Waals surface area (Å²) in [6.45, 7) is 7.43. The van der Waals surface area contributed by atoms with E-state index in [1.807, 2.05) is 6.07 Å². The first-order chi connectivity index (χ1) is 9.24. The van der Waals surface area contributed by atoms with Gasteiger partial charge >= 0.3 is 0 Å². The van der Waals surface area contributed by atoms with Crippen molar-refractivity contribution in [2.24, 2.45) is 5.92 Å². The number of ether oxygens (including phenoxy) is 1. The third-order valence-electron chi connectivity index (χ3n) is 3.92. The van der Waals surface area contributed by atoms with Gasteiger partial charge in [-0.15, -0.1) is 0 Å². The zero-order valence-corrected chi connectivity index (χ0v) is 12.2. The normalized spacial score (nSPS) is 19.5. The first kappa shape index (κ1) is 14.0. The Morgan fingerprint density at radius 3 is 2.95 bits per heavy atom. The third kappa shape index (κ3) is 3.55. The minimum absolute atomic E-state index is 0.727. The minimum Gasteiger partial charge on any atom is -0.491 e. The van der Waals surface area contributed by atoms with E-state index in [0.29, 0.717) is 0 Å². The molecule has 0 aromatic heterocycles. The number of nitrogens with zero attached hydrogens (tertiary/aromatic N) is 1. The zero-order valence-electron chi connectivity index (χ0n) is 12.2. The molecule has 106 valence electrons. The highest BCUT2D eigenvalue weighted by molar-refractivity contribution is 5.62. The van der Waals surface area contributed by atoms with E-state index in [-0.39, 0.29) is 0 Å². The van der Waals surface area contributed by atoms with Crippen LogP contribution in [0.3, 0.4) is 0 Å². The molecule has 1 unspecified atom stereocenters. The molecule has 1 aliphatic heterocycles. The monoisotopic (exact) mass is 262 g/mol. The molecule has 0 spiro atoms. The molecular formula is C16H26N2O. The van der Waals surface area contributed by atoms with Crippen molar-refractivity contribution in [2.75, 3.05) is 30.3 Å². The van der Waals surface area contributed by atoms with Gasteiger partial charge in [0.2, 0.25) is 0 Å². The SMILES string of the molecule is CCCOc1cc(N2CCCC(CC)C2)ccc1N. The number of rotatable bonds is 5. The molecule has 1 saturated heterocycles. The lowest BCUT2D eigenvalue weighted by atomic mass is 9.95. The number of anilines is 2. The van der Waals surface area contributed by atoms with Gasteiger partial charge in [0, 0.05) is 24.8 Å². The van der Waals surface area contributed by atoms with Crippen molar-refractivity contribution in [2.45, 2.75) is 39.5 Å². The molecule has 0 radical (unpaired) electrons. The minimum atomic E-state index is 0.727. The zero-order chi connectivity index (χ0) is 13.7. The number of nitrogen functional groups attached to an aromatic ring is 1. The standard InChI is InChI=1S/C16H26N2O/c1-3-10-19-16-11-14(7-8-15(16)17)18-9-5-6-13(4-2)12-18/h7-8,11,13H,3-6,9-10,12,17H2,1-2H3. The average molecular weight is 262 g/mol. The Kier molecular flexibility index (Phi) is 4.94. The maximum Gasteiger partial charge on any atom is 0.144 e. The Morgan fingerprint density at radius 2 is 2.21 bits per heavy atom. The molecule has 1 aromatic carbocycles. The van der Waals surface area contributed by atoms with Crippen molar-refractivity contribution in [3.05, 3.63) is 18.2 Å². The molecule has 1 fully saturated rings. The van der Waals surface area contributed by atoms with Gasteiger partial charge < -0.3 is 15.4 Å². The van der Waals surface area contributed by atoms with Crippen molar-refractivity contribution < 1.29 is 4.74 Å². The van der Waals surface area contributed by atoms with Crippen molar-refractivity contribution in [3.63, 3.8) is 0 Å². The van der Waals surface area contributed by atoms with E-state index in [4.69, 9.17) is 10.5 Å². The summed E-state index contributed by atoms with van der Waals surface area (Å²) in [6, 6.07) is 6.19. The van der Waals surface area contributed by atoms with Crippen LogP contribution in [0.2, 0.25) is 0 Å². The van der Waals surface area contributed by atoms with Gasteiger partial charge in [-0.25, -0.2) is 0 Å². The second-order valence-corrected chi connectivity index (χ2v) is 5.43. The summed E-state index contributed by atoms with van der Waals surface area (Å²) in [7, 11) is 0. The second kappa shape index (κ2) is 6.69. The molecule has 0 amide bonds. The van der Waals surface area contributed by atoms with Crippen LogP contribution >= 0.6 is 0 Å². The summed E-state index contributed by atoms with van der Waals surface area (Å²) in [4.78, 5) is 2.47. The van der Waals surface area contributed by atoms with Crippen LogP contribution in [0.4, 0.5) is 11.4 Å². The predicted molar refractivity (Wildman–Crippen MR) is 81.9 cm³/mol. The highest BCUT2D eigenvalue weighted by Crippen LogP contribution is 2.31. The maximum atomic E-state index is 5.97. The van der Waals surface area contributed by atoms with Crippen LogP contribution in [0.5, 0.6) is 5.75 Å². The van der Waals surface area contributed by atoms with Gasteiger partial charge in [-0.2, -0.15) is 0 Å². The highest BCUT2D eigenvalue weighted by atomic mass is 16.5. The van der Waals surface area contributed by atoms with Gasteiger partial charge in [0.05, 0.1) is 12.3 Å². The molecule has 1 aromatic rings. The van der Waals surface area contributed by atoms with E-state index in [1.54, 1.807) is 0 Å². The molecule has 19 heavy (non-hydrogen) atoms. The molecule has 1 aliphatic rings. The highest BCUT2D eigenvalue weighted by Gasteiger charge is 2.19. The molecule has 0 saturated carbocycles. The molecule has 0 aliphatic carbocycles. The second-order valence-electron chi connectivity index (χ2n) is 5.43. The lowest BCUT2D eigenvalue weighted by Crippen LogP contribution is -2.35. The molecule has 0 bridgehead atoms. The van der Waals surface area contributed by atoms with Crippen LogP contribution in [0.1, 0.15) is 39.5 Å². The first-order valence-corrected chi connectivity index (χ1v) is 7.51. The Labute approximate surface area is 116 Å². The van der Waals surface area contributed by atoms with Crippen LogP contribution in [0.15, 0.2) is 18.2 Å². The van der Waals surface area contributed by atoms with E-state index in [9.17, 15) is 0 Å². The van der Waals surface area contributed by atoms with Gasteiger partial charge in [-0.05, 0) is 37.3 Å². The van der Waals surface area contributed by atoms with Crippen molar-refractivity contribution >= 4 is 11.4 Å². The van der Waals surface area contributed by atoms with Gasteiger partial charge in [0.15, 0.2) is 0 Å². The number of piperidine rings is 1.